The Morgan fingerprint density at radius 2 is 2.26 bits per heavy atom. The van der Waals surface area contributed by atoms with Crippen LogP contribution in [0.1, 0.15) is 16.1 Å². The summed E-state index contributed by atoms with van der Waals surface area (Å²) in [6, 6.07) is 6.76. The lowest BCUT2D eigenvalue weighted by molar-refractivity contribution is 0.0995. The van der Waals surface area contributed by atoms with Crippen LogP contribution in [-0.2, 0) is 13.7 Å². The van der Waals surface area contributed by atoms with Crippen LogP contribution in [0.15, 0.2) is 28.7 Å². The quantitative estimate of drug-likeness (QED) is 0.926. The average molecular weight is 345 g/mol. The van der Waals surface area contributed by atoms with Gasteiger partial charge < -0.3 is 10.5 Å². The summed E-state index contributed by atoms with van der Waals surface area (Å²) in [6.07, 6.45) is 0. The Labute approximate surface area is 123 Å². The molecule has 7 heteroatoms. The summed E-state index contributed by atoms with van der Waals surface area (Å²) in [5.74, 6) is -0.132. The summed E-state index contributed by atoms with van der Waals surface area (Å²) in [7, 11) is 1.74. The Balaban J connectivity index is 2.17. The summed E-state index contributed by atoms with van der Waals surface area (Å²) in [5.41, 5.74) is 6.29. The molecule has 1 heterocycles. The van der Waals surface area contributed by atoms with Crippen molar-refractivity contribution in [2.75, 3.05) is 0 Å². The summed E-state index contributed by atoms with van der Waals surface area (Å²) >= 11 is 9.16. The zero-order chi connectivity index (χ0) is 14.0. The van der Waals surface area contributed by atoms with Gasteiger partial charge in [0.15, 0.2) is 0 Å². The number of aryl methyl sites for hydroxylation is 1. The van der Waals surface area contributed by atoms with E-state index in [4.69, 9.17) is 22.1 Å². The SMILES string of the molecule is Cn1nc(COc2ccc(Br)cc2C(N)=O)cc1Cl. The lowest BCUT2D eigenvalue weighted by Crippen LogP contribution is -2.13. The first-order valence-corrected chi connectivity index (χ1v) is 6.55. The summed E-state index contributed by atoms with van der Waals surface area (Å²) in [5, 5.41) is 4.67. The zero-order valence-electron chi connectivity index (χ0n) is 10.1. The third-order valence-corrected chi connectivity index (χ3v) is 3.30. The van der Waals surface area contributed by atoms with E-state index in [0.717, 1.165) is 4.47 Å². The summed E-state index contributed by atoms with van der Waals surface area (Å²) in [6.45, 7) is 0.211. The number of aromatic nitrogens is 2. The Bertz CT molecular complexity index is 608. The highest BCUT2D eigenvalue weighted by molar-refractivity contribution is 9.10. The van der Waals surface area contributed by atoms with E-state index in [9.17, 15) is 4.79 Å². The van der Waals surface area contributed by atoms with Crippen LogP contribution in [0.3, 0.4) is 0 Å². The van der Waals surface area contributed by atoms with Gasteiger partial charge >= 0.3 is 0 Å². The number of hydrogen-bond acceptors (Lipinski definition) is 3. The highest BCUT2D eigenvalue weighted by Gasteiger charge is 2.11. The van der Waals surface area contributed by atoms with Crippen LogP contribution in [0.4, 0.5) is 0 Å². The summed E-state index contributed by atoms with van der Waals surface area (Å²) in [4.78, 5) is 11.3. The second-order valence-corrected chi connectivity index (χ2v) is 5.18. The Kier molecular flexibility index (Phi) is 4.11. The van der Waals surface area contributed by atoms with Crippen molar-refractivity contribution in [3.05, 3.63) is 45.1 Å². The molecule has 0 aliphatic rings. The number of primary amides is 1. The largest absolute Gasteiger partial charge is 0.486 e. The fourth-order valence-electron chi connectivity index (χ4n) is 1.54. The van der Waals surface area contributed by atoms with Gasteiger partial charge in [-0.05, 0) is 18.2 Å². The number of nitrogens with zero attached hydrogens (tertiary/aromatic N) is 2. The predicted octanol–water partition coefficient (Wildman–Crippen LogP) is 2.51. The normalized spacial score (nSPS) is 10.5. The maximum atomic E-state index is 11.3. The first-order valence-electron chi connectivity index (χ1n) is 5.38. The van der Waals surface area contributed by atoms with E-state index in [1.165, 1.54) is 4.68 Å². The first kappa shape index (κ1) is 13.9. The van der Waals surface area contributed by atoms with Crippen molar-refractivity contribution in [3.63, 3.8) is 0 Å². The van der Waals surface area contributed by atoms with Gasteiger partial charge in [-0.15, -0.1) is 0 Å². The molecular weight excluding hydrogens is 334 g/mol. The van der Waals surface area contributed by atoms with Gasteiger partial charge in [0.25, 0.3) is 5.91 Å². The number of ether oxygens (including phenoxy) is 1. The van der Waals surface area contributed by atoms with Crippen molar-refractivity contribution in [1.82, 2.24) is 9.78 Å². The van der Waals surface area contributed by atoms with Crippen LogP contribution < -0.4 is 10.5 Å². The third-order valence-electron chi connectivity index (χ3n) is 2.46. The molecule has 5 nitrogen and oxygen atoms in total. The number of carbonyl (C=O) groups excluding carboxylic acids is 1. The van der Waals surface area contributed by atoms with E-state index in [0.29, 0.717) is 22.2 Å². The smallest absolute Gasteiger partial charge is 0.252 e. The molecule has 0 fully saturated rings. The predicted molar refractivity (Wildman–Crippen MR) is 75.2 cm³/mol. The standard InChI is InChI=1S/C12H11BrClN3O2/c1-17-11(14)5-8(16-17)6-19-10-3-2-7(13)4-9(10)12(15)18/h2-5H,6H2,1H3,(H2,15,18). The Morgan fingerprint density at radius 1 is 1.53 bits per heavy atom. The van der Waals surface area contributed by atoms with Gasteiger partial charge in [-0.2, -0.15) is 5.10 Å². The maximum absolute atomic E-state index is 11.3. The fourth-order valence-corrected chi connectivity index (χ4v) is 2.07. The molecule has 0 atom stereocenters. The van der Waals surface area contributed by atoms with Gasteiger partial charge in [-0.3, -0.25) is 9.48 Å². The highest BCUT2D eigenvalue weighted by atomic mass is 79.9. The van der Waals surface area contributed by atoms with Crippen molar-refractivity contribution in [1.29, 1.82) is 0 Å². The molecule has 0 bridgehead atoms. The molecule has 0 spiro atoms. The van der Waals surface area contributed by atoms with Crippen LogP contribution in [-0.4, -0.2) is 15.7 Å². The van der Waals surface area contributed by atoms with Crippen molar-refractivity contribution in [2.24, 2.45) is 12.8 Å². The maximum Gasteiger partial charge on any atom is 0.252 e. The fraction of sp³-hybridized carbons (Fsp3) is 0.167. The van der Waals surface area contributed by atoms with Crippen molar-refractivity contribution in [3.8, 4) is 5.75 Å². The molecule has 2 rings (SSSR count). The van der Waals surface area contributed by atoms with Gasteiger partial charge in [-0.25, -0.2) is 0 Å². The zero-order valence-corrected chi connectivity index (χ0v) is 12.4. The Morgan fingerprint density at radius 3 is 2.84 bits per heavy atom. The number of amides is 1. The number of benzene rings is 1. The van der Waals surface area contributed by atoms with Gasteiger partial charge in [0.1, 0.15) is 23.2 Å². The Hall–Kier alpha value is -1.53. The monoisotopic (exact) mass is 343 g/mol. The van der Waals surface area contributed by atoms with Crippen molar-refractivity contribution < 1.29 is 9.53 Å². The molecule has 2 aromatic rings. The van der Waals surface area contributed by atoms with E-state index in [2.05, 4.69) is 21.0 Å². The van der Waals surface area contributed by atoms with Gasteiger partial charge in [0, 0.05) is 17.6 Å². The minimum atomic E-state index is -0.546. The number of nitrogens with two attached hydrogens (primary N) is 1. The number of hydrogen-bond donors (Lipinski definition) is 1. The van der Waals surface area contributed by atoms with Crippen LogP contribution >= 0.6 is 27.5 Å². The number of carbonyl (C=O) groups is 1. The minimum absolute atomic E-state index is 0.211. The lowest BCUT2D eigenvalue weighted by Gasteiger charge is -2.08. The number of halogens is 2. The topological polar surface area (TPSA) is 70.1 Å². The molecule has 0 saturated carbocycles. The molecule has 0 radical (unpaired) electrons. The van der Waals surface area contributed by atoms with Gasteiger partial charge in [0.05, 0.1) is 5.56 Å². The molecule has 100 valence electrons. The van der Waals surface area contributed by atoms with Crippen LogP contribution in [0.25, 0.3) is 0 Å². The molecule has 19 heavy (non-hydrogen) atoms. The van der Waals surface area contributed by atoms with Crippen LogP contribution in [0.5, 0.6) is 5.75 Å². The molecule has 0 aliphatic heterocycles. The van der Waals surface area contributed by atoms with Crippen molar-refractivity contribution >= 4 is 33.4 Å². The molecule has 2 N–H and O–H groups in total. The van der Waals surface area contributed by atoms with Crippen LogP contribution in [0, 0.1) is 0 Å². The molecule has 0 aliphatic carbocycles. The van der Waals surface area contributed by atoms with E-state index in [-0.39, 0.29) is 6.61 Å². The molecule has 0 unspecified atom stereocenters. The molecule has 0 saturated heterocycles. The lowest BCUT2D eigenvalue weighted by atomic mass is 10.2. The summed E-state index contributed by atoms with van der Waals surface area (Å²) < 4.78 is 7.85. The first-order chi connectivity index (χ1) is 8.97. The molecule has 1 aromatic heterocycles. The van der Waals surface area contributed by atoms with Crippen molar-refractivity contribution in [2.45, 2.75) is 6.61 Å². The molecule has 1 amide bonds. The van der Waals surface area contributed by atoms with E-state index >= 15 is 0 Å². The molecule has 1 aromatic carbocycles. The minimum Gasteiger partial charge on any atom is -0.486 e. The number of rotatable bonds is 4. The molecular formula is C12H11BrClN3O2. The second kappa shape index (κ2) is 5.63. The highest BCUT2D eigenvalue weighted by Crippen LogP contribution is 2.24. The third kappa shape index (κ3) is 3.27. The van der Waals surface area contributed by atoms with Gasteiger partial charge in [-0.1, -0.05) is 27.5 Å². The second-order valence-electron chi connectivity index (χ2n) is 3.88. The van der Waals surface area contributed by atoms with E-state index < -0.39 is 5.91 Å². The van der Waals surface area contributed by atoms with Gasteiger partial charge in [0.2, 0.25) is 0 Å². The average Bonchev–Trinajstić information content (AvgIpc) is 2.67. The van der Waals surface area contributed by atoms with E-state index in [1.807, 2.05) is 0 Å². The van der Waals surface area contributed by atoms with Crippen LogP contribution in [0.2, 0.25) is 5.15 Å². The van der Waals surface area contributed by atoms with E-state index in [1.54, 1.807) is 31.3 Å².